The topological polar surface area (TPSA) is 29.0 Å². The van der Waals surface area contributed by atoms with Crippen LogP contribution in [-0.2, 0) is 5.41 Å². The molecule has 0 N–H and O–H groups in total. The first-order chi connectivity index (χ1) is 9.29. The van der Waals surface area contributed by atoms with E-state index in [1.54, 1.807) is 11.3 Å². The van der Waals surface area contributed by atoms with Crippen molar-refractivity contribution in [1.82, 2.24) is 9.97 Å². The van der Waals surface area contributed by atoms with E-state index in [0.717, 1.165) is 11.6 Å². The van der Waals surface area contributed by atoms with E-state index < -0.39 is 0 Å². The van der Waals surface area contributed by atoms with E-state index in [4.69, 9.17) is 11.6 Å². The highest BCUT2D eigenvalue weighted by Gasteiger charge is 2.21. The Bertz CT molecular complexity index is 575. The molecule has 0 aliphatic rings. The zero-order valence-electron chi connectivity index (χ0n) is 12.5. The van der Waals surface area contributed by atoms with Crippen LogP contribution in [0.25, 0.3) is 0 Å². The van der Waals surface area contributed by atoms with Crippen LogP contribution in [-0.4, -0.2) is 17.0 Å². The maximum absolute atomic E-state index is 6.15. The molecule has 1 unspecified atom stereocenters. The highest BCUT2D eigenvalue weighted by atomic mass is 35.5. The summed E-state index contributed by atoms with van der Waals surface area (Å²) in [6.45, 7) is 8.43. The zero-order valence-corrected chi connectivity index (χ0v) is 14.1. The van der Waals surface area contributed by atoms with Gasteiger partial charge in [-0.15, -0.1) is 11.3 Å². The van der Waals surface area contributed by atoms with Crippen LogP contribution < -0.4 is 4.90 Å². The van der Waals surface area contributed by atoms with Crippen LogP contribution in [0.2, 0.25) is 5.15 Å². The van der Waals surface area contributed by atoms with Gasteiger partial charge >= 0.3 is 0 Å². The first-order valence-corrected chi connectivity index (χ1v) is 7.86. The summed E-state index contributed by atoms with van der Waals surface area (Å²) in [6.07, 6.45) is 0. The third kappa shape index (κ3) is 3.30. The first kappa shape index (κ1) is 15.3. The van der Waals surface area contributed by atoms with Gasteiger partial charge in [0.2, 0.25) is 0 Å². The molecule has 0 aromatic carbocycles. The fourth-order valence-corrected chi connectivity index (χ4v) is 2.84. The molecule has 0 spiro atoms. The molecule has 0 fully saturated rings. The van der Waals surface area contributed by atoms with Gasteiger partial charge in [-0.2, -0.15) is 0 Å². The summed E-state index contributed by atoms with van der Waals surface area (Å²) in [4.78, 5) is 12.4. The minimum atomic E-state index is -0.118. The highest BCUT2D eigenvalue weighted by Crippen LogP contribution is 2.29. The predicted octanol–water partition coefficient (Wildman–Crippen LogP) is 4.69. The number of thiophene rings is 1. The van der Waals surface area contributed by atoms with Crippen molar-refractivity contribution < 1.29 is 0 Å². The zero-order chi connectivity index (χ0) is 14.9. The fraction of sp³-hybridized carbons (Fsp3) is 0.467. The van der Waals surface area contributed by atoms with E-state index in [1.807, 2.05) is 13.1 Å². The minimum absolute atomic E-state index is 0.118. The molecule has 0 aliphatic carbocycles. The predicted molar refractivity (Wildman–Crippen MR) is 86.9 cm³/mol. The van der Waals surface area contributed by atoms with Crippen LogP contribution in [0.4, 0.5) is 5.82 Å². The Balaban J connectivity index is 2.35. The van der Waals surface area contributed by atoms with Crippen molar-refractivity contribution in [2.24, 2.45) is 0 Å². The summed E-state index contributed by atoms with van der Waals surface area (Å²) in [6, 6.07) is 6.28. The van der Waals surface area contributed by atoms with E-state index >= 15 is 0 Å². The SMILES string of the molecule is CC(c1cccs1)N(C)c1cc(Cl)nc(C(C)(C)C)n1. The Morgan fingerprint density at radius 1 is 1.30 bits per heavy atom. The molecular weight excluding hydrogens is 290 g/mol. The Kier molecular flexibility index (Phi) is 4.35. The number of anilines is 1. The molecule has 2 rings (SSSR count). The summed E-state index contributed by atoms with van der Waals surface area (Å²) in [5, 5.41) is 2.58. The Morgan fingerprint density at radius 2 is 2.00 bits per heavy atom. The molecule has 0 amide bonds. The number of hydrogen-bond acceptors (Lipinski definition) is 4. The fourth-order valence-electron chi connectivity index (χ4n) is 1.84. The Labute approximate surface area is 129 Å². The lowest BCUT2D eigenvalue weighted by atomic mass is 9.96. The molecule has 2 aromatic rings. The molecule has 1 atom stereocenters. The van der Waals surface area contributed by atoms with Crippen LogP contribution in [0, 0.1) is 0 Å². The largest absolute Gasteiger partial charge is 0.352 e. The summed E-state index contributed by atoms with van der Waals surface area (Å²) in [5.41, 5.74) is -0.118. The Hall–Kier alpha value is -1.13. The van der Waals surface area contributed by atoms with Gasteiger partial charge in [0.1, 0.15) is 16.8 Å². The quantitative estimate of drug-likeness (QED) is 0.770. The third-order valence-electron chi connectivity index (χ3n) is 3.25. The van der Waals surface area contributed by atoms with Crippen molar-refractivity contribution in [2.75, 3.05) is 11.9 Å². The lowest BCUT2D eigenvalue weighted by Gasteiger charge is -2.27. The number of halogens is 1. The van der Waals surface area contributed by atoms with Gasteiger partial charge in [0, 0.05) is 23.4 Å². The summed E-state index contributed by atoms with van der Waals surface area (Å²) in [5.74, 6) is 1.63. The number of hydrogen-bond donors (Lipinski definition) is 0. The summed E-state index contributed by atoms with van der Waals surface area (Å²) < 4.78 is 0. The molecule has 0 aliphatic heterocycles. The van der Waals surface area contributed by atoms with Gasteiger partial charge in [-0.05, 0) is 18.4 Å². The van der Waals surface area contributed by atoms with Crippen LogP contribution in [0.5, 0.6) is 0 Å². The number of aromatic nitrogens is 2. The van der Waals surface area contributed by atoms with Crippen molar-refractivity contribution in [1.29, 1.82) is 0 Å². The van der Waals surface area contributed by atoms with Gasteiger partial charge in [0.05, 0.1) is 6.04 Å². The molecular formula is C15H20ClN3S. The minimum Gasteiger partial charge on any atom is -0.352 e. The Morgan fingerprint density at radius 3 is 2.55 bits per heavy atom. The molecule has 0 bridgehead atoms. The second kappa shape index (κ2) is 5.70. The van der Waals surface area contributed by atoms with Crippen molar-refractivity contribution in [3.8, 4) is 0 Å². The molecule has 20 heavy (non-hydrogen) atoms. The van der Waals surface area contributed by atoms with Crippen molar-refractivity contribution in [3.05, 3.63) is 39.4 Å². The molecule has 108 valence electrons. The molecule has 0 saturated heterocycles. The summed E-state index contributed by atoms with van der Waals surface area (Å²) >= 11 is 7.90. The van der Waals surface area contributed by atoms with Crippen LogP contribution in [0.15, 0.2) is 23.6 Å². The van der Waals surface area contributed by atoms with E-state index in [9.17, 15) is 0 Å². The summed E-state index contributed by atoms with van der Waals surface area (Å²) in [7, 11) is 2.04. The maximum Gasteiger partial charge on any atom is 0.137 e. The molecule has 2 aromatic heterocycles. The van der Waals surface area contributed by atoms with Crippen LogP contribution >= 0.6 is 22.9 Å². The third-order valence-corrected chi connectivity index (χ3v) is 4.49. The molecule has 0 saturated carbocycles. The average Bonchev–Trinajstić information content (AvgIpc) is 2.89. The number of nitrogens with zero attached hydrogens (tertiary/aromatic N) is 3. The van der Waals surface area contributed by atoms with Gasteiger partial charge in [-0.3, -0.25) is 0 Å². The van der Waals surface area contributed by atoms with Crippen LogP contribution in [0.1, 0.15) is 44.4 Å². The second-order valence-electron chi connectivity index (χ2n) is 5.92. The first-order valence-electron chi connectivity index (χ1n) is 6.60. The van der Waals surface area contributed by atoms with E-state index in [2.05, 4.69) is 60.1 Å². The molecule has 0 radical (unpaired) electrons. The highest BCUT2D eigenvalue weighted by molar-refractivity contribution is 7.10. The van der Waals surface area contributed by atoms with Gasteiger partial charge in [-0.1, -0.05) is 38.4 Å². The average molecular weight is 310 g/mol. The monoisotopic (exact) mass is 309 g/mol. The van der Waals surface area contributed by atoms with Gasteiger partial charge in [0.15, 0.2) is 0 Å². The normalized spacial score (nSPS) is 13.3. The van der Waals surface area contributed by atoms with Gasteiger partial charge in [0.25, 0.3) is 0 Å². The second-order valence-corrected chi connectivity index (χ2v) is 7.29. The van der Waals surface area contributed by atoms with E-state index in [0.29, 0.717) is 5.15 Å². The lowest BCUT2D eigenvalue weighted by molar-refractivity contribution is 0.543. The van der Waals surface area contributed by atoms with Gasteiger partial charge < -0.3 is 4.90 Å². The lowest BCUT2D eigenvalue weighted by Crippen LogP contribution is -2.24. The molecule has 5 heteroatoms. The van der Waals surface area contributed by atoms with E-state index in [-0.39, 0.29) is 11.5 Å². The van der Waals surface area contributed by atoms with Crippen LogP contribution in [0.3, 0.4) is 0 Å². The maximum atomic E-state index is 6.15. The number of rotatable bonds is 3. The molecule has 3 nitrogen and oxygen atoms in total. The van der Waals surface area contributed by atoms with E-state index in [1.165, 1.54) is 4.88 Å². The van der Waals surface area contributed by atoms with Crippen molar-refractivity contribution in [2.45, 2.75) is 39.2 Å². The van der Waals surface area contributed by atoms with Crippen molar-refractivity contribution >= 4 is 28.8 Å². The standard InChI is InChI=1S/C15H20ClN3S/c1-10(11-7-6-8-20-11)19(5)13-9-12(16)17-14(18-13)15(2,3)4/h6-10H,1-5H3. The van der Waals surface area contributed by atoms with Gasteiger partial charge in [-0.25, -0.2) is 9.97 Å². The smallest absolute Gasteiger partial charge is 0.137 e. The van der Waals surface area contributed by atoms with Crippen molar-refractivity contribution in [3.63, 3.8) is 0 Å². The molecule has 2 heterocycles.